The van der Waals surface area contributed by atoms with Gasteiger partial charge in [-0.15, -0.1) is 34.0 Å². The molecule has 16 nitrogen and oxygen atoms in total. The van der Waals surface area contributed by atoms with Gasteiger partial charge in [-0.1, -0.05) is 11.6 Å². The highest BCUT2D eigenvalue weighted by atomic mass is 35.5. The standard InChI is InChI=1S/C9H5F3N4O2S.C9H7F3N4S.C6H2ClF3N2O2.C3H4N2S/c10-9(11,12)6-3-5(16(17)18)4-14-7(6)15-8-13-1-2-19-8;10-9(11,12)6-3-5(13)4-15-7(6)16-8-14-1-2-17-8;7-5-4(6(8,9)10)1-3(2-11-5)12(13)14;4-3-5-1-2-6-3/h1-4H,(H,13,14,15);1-4H,13H2,(H,14,15,16);1-2H;1-2H,(H2,4,5). The molecule has 6 heterocycles. The number of nitrogen functional groups attached to an aromatic ring is 2. The highest BCUT2D eigenvalue weighted by Crippen LogP contribution is 2.38. The zero-order chi connectivity index (χ0) is 41.8. The molecular weight excluding hydrogens is 859 g/mol. The van der Waals surface area contributed by atoms with E-state index in [-0.39, 0.29) is 16.6 Å². The molecule has 0 fully saturated rings. The van der Waals surface area contributed by atoms with E-state index < -0.39 is 67.4 Å². The molecule has 0 atom stereocenters. The Balaban J connectivity index is 0.000000211. The van der Waals surface area contributed by atoms with Crippen molar-refractivity contribution in [1.29, 1.82) is 0 Å². The quantitative estimate of drug-likeness (QED) is 0.0527. The summed E-state index contributed by atoms with van der Waals surface area (Å²) in [5.74, 6) is -0.824. The summed E-state index contributed by atoms with van der Waals surface area (Å²) in [5.41, 5.74) is 5.53. The molecule has 0 aliphatic heterocycles. The monoisotopic (exact) mass is 876 g/mol. The second-order valence-corrected chi connectivity index (χ2v) is 12.7. The Bertz CT molecular complexity index is 2190. The summed E-state index contributed by atoms with van der Waals surface area (Å²) in [6, 6.07) is 1.61. The van der Waals surface area contributed by atoms with Gasteiger partial charge >= 0.3 is 18.5 Å². The first-order valence-corrected chi connectivity index (χ1v) is 17.0. The fraction of sp³-hybridized carbons (Fsp3) is 0.111. The fourth-order valence-electron chi connectivity index (χ4n) is 3.41. The minimum atomic E-state index is -4.75. The van der Waals surface area contributed by atoms with Crippen molar-refractivity contribution >= 4 is 89.7 Å². The molecule has 6 rings (SSSR count). The van der Waals surface area contributed by atoms with Crippen molar-refractivity contribution in [3.05, 3.63) is 114 Å². The first-order valence-electron chi connectivity index (χ1n) is 14.0. The van der Waals surface area contributed by atoms with Crippen LogP contribution >= 0.6 is 45.6 Å². The summed E-state index contributed by atoms with van der Waals surface area (Å²) in [7, 11) is 0. The summed E-state index contributed by atoms with van der Waals surface area (Å²) in [4.78, 5) is 40.1. The smallest absolute Gasteiger partial charge is 0.397 e. The van der Waals surface area contributed by atoms with E-state index >= 15 is 0 Å². The minimum absolute atomic E-state index is 0.0398. The second kappa shape index (κ2) is 19.0. The zero-order valence-corrected chi connectivity index (χ0v) is 30.0. The third-order valence-corrected chi connectivity index (χ3v) is 7.99. The van der Waals surface area contributed by atoms with Gasteiger partial charge in [-0.25, -0.2) is 29.9 Å². The van der Waals surface area contributed by atoms with Gasteiger partial charge in [0.15, 0.2) is 15.4 Å². The average Bonchev–Trinajstić information content (AvgIpc) is 3.91. The SMILES string of the molecule is Nc1cnc(Nc2nccs2)c(C(F)(F)F)c1.Nc1nccs1.O=[N+]([O-])c1cnc(Cl)c(C(F)(F)F)c1.O=[N+]([O-])c1cnc(Nc2nccs2)c(C(F)(F)F)c1. The number of nitro groups is 2. The van der Waals surface area contributed by atoms with E-state index in [9.17, 15) is 59.7 Å². The first kappa shape index (κ1) is 44.4. The van der Waals surface area contributed by atoms with Crippen LogP contribution < -0.4 is 22.1 Å². The van der Waals surface area contributed by atoms with Crippen molar-refractivity contribution in [1.82, 2.24) is 29.9 Å². The number of nitrogens with zero attached hydrogens (tertiary/aromatic N) is 8. The van der Waals surface area contributed by atoms with E-state index in [1.54, 1.807) is 17.0 Å². The maximum atomic E-state index is 12.8. The molecule has 6 aromatic heterocycles. The summed E-state index contributed by atoms with van der Waals surface area (Å²) in [6.07, 6.45) is -6.85. The number of alkyl halides is 9. The Labute approximate surface area is 322 Å². The number of nitrogens with one attached hydrogen (secondary N) is 2. The van der Waals surface area contributed by atoms with Crippen LogP contribution in [-0.4, -0.2) is 39.8 Å². The number of thiazole rings is 3. The summed E-state index contributed by atoms with van der Waals surface area (Å²) in [6.45, 7) is 0. The third-order valence-electron chi connectivity index (χ3n) is 5.71. The van der Waals surface area contributed by atoms with Crippen LogP contribution in [0.25, 0.3) is 0 Å². The number of rotatable bonds is 6. The van der Waals surface area contributed by atoms with E-state index in [0.29, 0.717) is 28.6 Å². The van der Waals surface area contributed by atoms with Crippen LogP contribution in [0.5, 0.6) is 0 Å². The van der Waals surface area contributed by atoms with Gasteiger partial charge in [0.2, 0.25) is 0 Å². The molecule has 298 valence electrons. The van der Waals surface area contributed by atoms with E-state index in [2.05, 4.69) is 40.5 Å². The summed E-state index contributed by atoms with van der Waals surface area (Å²) >= 11 is 8.84. The number of hydrogen-bond acceptors (Lipinski definition) is 17. The number of pyridine rings is 3. The van der Waals surface area contributed by atoms with Gasteiger partial charge < -0.3 is 22.1 Å². The van der Waals surface area contributed by atoms with E-state index in [1.807, 2.05) is 5.38 Å². The van der Waals surface area contributed by atoms with Crippen LogP contribution in [0.1, 0.15) is 16.7 Å². The van der Waals surface area contributed by atoms with Gasteiger partial charge in [-0.2, -0.15) is 39.5 Å². The predicted molar refractivity (Wildman–Crippen MR) is 188 cm³/mol. The van der Waals surface area contributed by atoms with Crippen molar-refractivity contribution in [2.45, 2.75) is 18.5 Å². The lowest BCUT2D eigenvalue weighted by Gasteiger charge is -2.12. The van der Waals surface area contributed by atoms with Gasteiger partial charge in [0, 0.05) is 46.9 Å². The van der Waals surface area contributed by atoms with Crippen LogP contribution in [0.2, 0.25) is 5.15 Å². The molecule has 0 unspecified atom stereocenters. The second-order valence-electron chi connectivity index (χ2n) is 9.59. The molecule has 0 aromatic carbocycles. The van der Waals surface area contributed by atoms with E-state index in [1.165, 1.54) is 35.1 Å². The normalized spacial score (nSPS) is 11.1. The first-order chi connectivity index (χ1) is 26.1. The molecule has 0 spiro atoms. The van der Waals surface area contributed by atoms with Crippen LogP contribution in [0, 0.1) is 20.2 Å². The Hall–Kier alpha value is -6.00. The van der Waals surface area contributed by atoms with Crippen molar-refractivity contribution in [2.75, 3.05) is 22.1 Å². The lowest BCUT2D eigenvalue weighted by Crippen LogP contribution is -2.11. The molecular formula is C27H18ClF9N12O4S3. The van der Waals surface area contributed by atoms with Gasteiger partial charge in [-0.05, 0) is 6.07 Å². The van der Waals surface area contributed by atoms with Gasteiger partial charge in [0.05, 0.1) is 27.3 Å². The average molecular weight is 877 g/mol. The van der Waals surface area contributed by atoms with Crippen LogP contribution in [0.3, 0.4) is 0 Å². The summed E-state index contributed by atoms with van der Waals surface area (Å²) in [5, 5.41) is 31.0. The molecule has 0 bridgehead atoms. The highest BCUT2D eigenvalue weighted by molar-refractivity contribution is 7.14. The van der Waals surface area contributed by atoms with E-state index in [0.717, 1.165) is 29.8 Å². The van der Waals surface area contributed by atoms with E-state index in [4.69, 9.17) is 23.1 Å². The molecule has 56 heavy (non-hydrogen) atoms. The summed E-state index contributed by atoms with van der Waals surface area (Å²) < 4.78 is 113. The maximum Gasteiger partial charge on any atom is 0.420 e. The maximum absolute atomic E-state index is 12.8. The number of halogens is 10. The van der Waals surface area contributed by atoms with Crippen molar-refractivity contribution in [3.8, 4) is 0 Å². The highest BCUT2D eigenvalue weighted by Gasteiger charge is 2.37. The molecule has 6 aromatic rings. The molecule has 0 saturated carbocycles. The Morgan fingerprint density at radius 1 is 0.589 bits per heavy atom. The lowest BCUT2D eigenvalue weighted by atomic mass is 10.2. The lowest BCUT2D eigenvalue weighted by molar-refractivity contribution is -0.385. The third kappa shape index (κ3) is 13.7. The molecule has 0 aliphatic carbocycles. The number of nitrogens with two attached hydrogens (primary N) is 2. The molecule has 0 saturated heterocycles. The number of aromatic nitrogens is 6. The van der Waals surface area contributed by atoms with Crippen molar-refractivity contribution in [3.63, 3.8) is 0 Å². The Kier molecular flexibility index (Phi) is 15.1. The molecule has 0 amide bonds. The Morgan fingerprint density at radius 2 is 1.00 bits per heavy atom. The molecule has 6 N–H and O–H groups in total. The van der Waals surface area contributed by atoms with Crippen LogP contribution in [0.4, 0.5) is 83.6 Å². The zero-order valence-electron chi connectivity index (χ0n) is 26.8. The fourth-order valence-corrected chi connectivity index (χ4v) is 5.06. The minimum Gasteiger partial charge on any atom is -0.397 e. The van der Waals surface area contributed by atoms with Gasteiger partial charge in [0.25, 0.3) is 11.4 Å². The Morgan fingerprint density at radius 3 is 1.38 bits per heavy atom. The van der Waals surface area contributed by atoms with Crippen molar-refractivity contribution in [2.24, 2.45) is 0 Å². The molecule has 29 heteroatoms. The number of anilines is 6. The number of hydrogen-bond donors (Lipinski definition) is 4. The molecule has 0 aliphatic rings. The molecule has 0 radical (unpaired) electrons. The predicted octanol–water partition coefficient (Wildman–Crippen LogP) is 9.48. The van der Waals surface area contributed by atoms with Gasteiger partial charge in [0.1, 0.15) is 40.3 Å². The topological polar surface area (TPSA) is 240 Å². The van der Waals surface area contributed by atoms with Crippen LogP contribution in [-0.2, 0) is 18.5 Å². The van der Waals surface area contributed by atoms with Crippen molar-refractivity contribution < 1.29 is 49.4 Å². The van der Waals surface area contributed by atoms with Crippen LogP contribution in [0.15, 0.2) is 71.5 Å². The largest absolute Gasteiger partial charge is 0.420 e. The van der Waals surface area contributed by atoms with Gasteiger partial charge in [-0.3, -0.25) is 20.2 Å².